The van der Waals surface area contributed by atoms with Crippen LogP contribution in [-0.4, -0.2) is 58.0 Å². The molecule has 0 aliphatic heterocycles. The molecule has 0 saturated heterocycles. The highest BCUT2D eigenvalue weighted by Gasteiger charge is 2.17. The van der Waals surface area contributed by atoms with E-state index in [0.717, 1.165) is 12.1 Å². The van der Waals surface area contributed by atoms with Crippen molar-refractivity contribution in [3.8, 4) is 11.6 Å². The van der Waals surface area contributed by atoms with Crippen LogP contribution in [0, 0.1) is 0 Å². The molecule has 1 amide bonds. The van der Waals surface area contributed by atoms with Gasteiger partial charge in [0, 0.05) is 44.9 Å². The Kier molecular flexibility index (Phi) is 6.32. The molecule has 0 radical (unpaired) electrons. The Labute approximate surface area is 157 Å². The number of hydrogen-bond donors (Lipinski definition) is 0. The molecule has 0 aromatic carbocycles. The third kappa shape index (κ3) is 5.49. The molecule has 0 spiro atoms. The van der Waals surface area contributed by atoms with Crippen molar-refractivity contribution < 1.29 is 13.7 Å². The maximum Gasteiger partial charge on any atom is 0.238 e. The SMILES string of the molecule is CN(C)CCN(Cc1cccnc1)C(=O)CCc1nc(-c2ccco2)no1. The fourth-order valence-corrected chi connectivity index (χ4v) is 2.56. The molecule has 0 bridgehead atoms. The van der Waals surface area contributed by atoms with Crippen molar-refractivity contribution in [3.05, 3.63) is 54.4 Å². The first-order chi connectivity index (χ1) is 13.1. The molecule has 0 aliphatic rings. The van der Waals surface area contributed by atoms with Crippen LogP contribution in [0.4, 0.5) is 0 Å². The highest BCUT2D eigenvalue weighted by Crippen LogP contribution is 2.16. The van der Waals surface area contributed by atoms with E-state index in [2.05, 4.69) is 20.0 Å². The number of likely N-dealkylation sites (N-methyl/N-ethyl adjacent to an activating group) is 1. The van der Waals surface area contributed by atoms with Gasteiger partial charge in [0.1, 0.15) is 0 Å². The second kappa shape index (κ2) is 9.09. The standard InChI is InChI=1S/C19H23N5O3/c1-23(2)10-11-24(14-15-5-3-9-20-13-15)18(25)8-7-17-21-19(22-27-17)16-6-4-12-26-16/h3-6,9,12-13H,7-8,10-11,14H2,1-2H3. The van der Waals surface area contributed by atoms with Crippen LogP contribution in [0.15, 0.2) is 51.9 Å². The third-order valence-electron chi connectivity index (χ3n) is 4.03. The predicted molar refractivity (Wildman–Crippen MR) is 98.5 cm³/mol. The van der Waals surface area contributed by atoms with E-state index in [9.17, 15) is 4.79 Å². The van der Waals surface area contributed by atoms with E-state index < -0.39 is 0 Å². The summed E-state index contributed by atoms with van der Waals surface area (Å²) in [6, 6.07) is 7.36. The van der Waals surface area contributed by atoms with Crippen molar-refractivity contribution >= 4 is 5.91 Å². The van der Waals surface area contributed by atoms with Crippen LogP contribution in [0.2, 0.25) is 0 Å². The van der Waals surface area contributed by atoms with Gasteiger partial charge in [0.25, 0.3) is 0 Å². The van der Waals surface area contributed by atoms with Crippen molar-refractivity contribution in [1.29, 1.82) is 0 Å². The maximum absolute atomic E-state index is 12.7. The van der Waals surface area contributed by atoms with Crippen molar-refractivity contribution in [3.63, 3.8) is 0 Å². The number of nitrogens with zero attached hydrogens (tertiary/aromatic N) is 5. The molecular formula is C19H23N5O3. The lowest BCUT2D eigenvalue weighted by atomic mass is 10.2. The summed E-state index contributed by atoms with van der Waals surface area (Å²) >= 11 is 0. The average molecular weight is 369 g/mol. The quantitative estimate of drug-likeness (QED) is 0.571. The Bertz CT molecular complexity index is 830. The number of amides is 1. The zero-order valence-electron chi connectivity index (χ0n) is 15.5. The lowest BCUT2D eigenvalue weighted by Crippen LogP contribution is -2.36. The highest BCUT2D eigenvalue weighted by atomic mass is 16.5. The van der Waals surface area contributed by atoms with E-state index >= 15 is 0 Å². The molecule has 0 saturated carbocycles. The lowest BCUT2D eigenvalue weighted by molar-refractivity contribution is -0.132. The van der Waals surface area contributed by atoms with Crippen LogP contribution < -0.4 is 0 Å². The second-order valence-electron chi connectivity index (χ2n) is 6.47. The fraction of sp³-hybridized carbons (Fsp3) is 0.368. The Morgan fingerprint density at radius 3 is 2.78 bits per heavy atom. The van der Waals surface area contributed by atoms with Crippen molar-refractivity contribution in [2.24, 2.45) is 0 Å². The van der Waals surface area contributed by atoms with Crippen LogP contribution >= 0.6 is 0 Å². The number of pyridine rings is 1. The van der Waals surface area contributed by atoms with Gasteiger partial charge in [-0.05, 0) is 37.9 Å². The molecule has 3 rings (SSSR count). The minimum atomic E-state index is 0.0402. The molecular weight excluding hydrogens is 346 g/mol. The molecule has 0 atom stereocenters. The molecule has 0 unspecified atom stereocenters. The Balaban J connectivity index is 1.59. The van der Waals surface area contributed by atoms with Gasteiger partial charge >= 0.3 is 0 Å². The minimum absolute atomic E-state index is 0.0402. The molecule has 0 aliphatic carbocycles. The molecule has 8 nitrogen and oxygen atoms in total. The summed E-state index contributed by atoms with van der Waals surface area (Å²) in [6.07, 6.45) is 5.74. The molecule has 3 aromatic rings. The summed E-state index contributed by atoms with van der Waals surface area (Å²) in [5.74, 6) is 1.39. The first kappa shape index (κ1) is 18.8. The number of carbonyl (C=O) groups excluding carboxylic acids is 1. The van der Waals surface area contributed by atoms with Gasteiger partial charge < -0.3 is 18.7 Å². The van der Waals surface area contributed by atoms with Crippen molar-refractivity contribution in [2.45, 2.75) is 19.4 Å². The Hall–Kier alpha value is -3.00. The van der Waals surface area contributed by atoms with Gasteiger partial charge in [-0.2, -0.15) is 4.98 Å². The number of aromatic nitrogens is 3. The zero-order valence-corrected chi connectivity index (χ0v) is 15.5. The second-order valence-corrected chi connectivity index (χ2v) is 6.47. The monoisotopic (exact) mass is 369 g/mol. The van der Waals surface area contributed by atoms with Crippen molar-refractivity contribution in [2.75, 3.05) is 27.2 Å². The number of carbonyl (C=O) groups is 1. The smallest absolute Gasteiger partial charge is 0.238 e. The zero-order chi connectivity index (χ0) is 19.1. The van der Waals surface area contributed by atoms with Crippen LogP contribution in [0.1, 0.15) is 17.9 Å². The molecule has 8 heteroatoms. The molecule has 3 aromatic heterocycles. The molecule has 142 valence electrons. The van der Waals surface area contributed by atoms with E-state index in [1.54, 1.807) is 30.8 Å². The summed E-state index contributed by atoms with van der Waals surface area (Å²) in [6.45, 7) is 1.96. The van der Waals surface area contributed by atoms with Gasteiger partial charge in [-0.3, -0.25) is 9.78 Å². The fourth-order valence-electron chi connectivity index (χ4n) is 2.56. The minimum Gasteiger partial charge on any atom is -0.461 e. The van der Waals surface area contributed by atoms with E-state index in [1.807, 2.05) is 31.1 Å². The summed E-state index contributed by atoms with van der Waals surface area (Å²) in [5.41, 5.74) is 1.00. The third-order valence-corrected chi connectivity index (χ3v) is 4.03. The highest BCUT2D eigenvalue weighted by molar-refractivity contribution is 5.76. The van der Waals surface area contributed by atoms with Crippen LogP contribution in [-0.2, 0) is 17.8 Å². The summed E-state index contributed by atoms with van der Waals surface area (Å²) in [4.78, 5) is 25.0. The van der Waals surface area contributed by atoms with Gasteiger partial charge in [-0.15, -0.1) is 0 Å². The first-order valence-corrected chi connectivity index (χ1v) is 8.79. The van der Waals surface area contributed by atoms with Gasteiger partial charge in [0.05, 0.1) is 6.26 Å². The molecule has 0 N–H and O–H groups in total. The summed E-state index contributed by atoms with van der Waals surface area (Å²) in [7, 11) is 3.97. The Morgan fingerprint density at radius 2 is 2.07 bits per heavy atom. The lowest BCUT2D eigenvalue weighted by Gasteiger charge is -2.24. The predicted octanol–water partition coefficient (Wildman–Crippen LogP) is 2.25. The van der Waals surface area contributed by atoms with Gasteiger partial charge in [-0.25, -0.2) is 0 Å². The van der Waals surface area contributed by atoms with Crippen LogP contribution in [0.3, 0.4) is 0 Å². The van der Waals surface area contributed by atoms with E-state index in [1.165, 1.54) is 0 Å². The van der Waals surface area contributed by atoms with Gasteiger partial charge in [-0.1, -0.05) is 11.2 Å². The number of furan rings is 1. The van der Waals surface area contributed by atoms with Crippen molar-refractivity contribution in [1.82, 2.24) is 24.9 Å². The number of rotatable bonds is 9. The van der Waals surface area contributed by atoms with E-state index in [0.29, 0.717) is 43.4 Å². The van der Waals surface area contributed by atoms with Crippen LogP contribution in [0.5, 0.6) is 0 Å². The molecule has 3 heterocycles. The van der Waals surface area contributed by atoms with Gasteiger partial charge in [0.15, 0.2) is 5.76 Å². The first-order valence-electron chi connectivity index (χ1n) is 8.79. The topological polar surface area (TPSA) is 88.5 Å². The van der Waals surface area contributed by atoms with E-state index in [4.69, 9.17) is 8.94 Å². The maximum atomic E-state index is 12.7. The molecule has 27 heavy (non-hydrogen) atoms. The average Bonchev–Trinajstić information content (AvgIpc) is 3.35. The van der Waals surface area contributed by atoms with Crippen LogP contribution in [0.25, 0.3) is 11.6 Å². The largest absolute Gasteiger partial charge is 0.461 e. The number of aryl methyl sites for hydroxylation is 1. The normalized spacial score (nSPS) is 11.1. The van der Waals surface area contributed by atoms with E-state index in [-0.39, 0.29) is 5.91 Å². The Morgan fingerprint density at radius 1 is 1.19 bits per heavy atom. The molecule has 0 fully saturated rings. The van der Waals surface area contributed by atoms with Gasteiger partial charge in [0.2, 0.25) is 17.6 Å². The number of hydrogen-bond acceptors (Lipinski definition) is 7. The summed E-state index contributed by atoms with van der Waals surface area (Å²) < 4.78 is 10.5. The summed E-state index contributed by atoms with van der Waals surface area (Å²) in [5, 5.41) is 3.89.